The lowest BCUT2D eigenvalue weighted by molar-refractivity contribution is 0.0996. The van der Waals surface area contributed by atoms with Gasteiger partial charge in [0.2, 0.25) is 0 Å². The number of phenols is 1. The Hall–Kier alpha value is -2.40. The van der Waals surface area contributed by atoms with E-state index in [2.05, 4.69) is 12.2 Å². The van der Waals surface area contributed by atoms with Crippen LogP contribution in [0.3, 0.4) is 0 Å². The predicted octanol–water partition coefficient (Wildman–Crippen LogP) is 4.34. The fourth-order valence-corrected chi connectivity index (χ4v) is 3.42. The maximum absolute atomic E-state index is 13.7. The van der Waals surface area contributed by atoms with E-state index in [1.807, 2.05) is 37.3 Å². The van der Waals surface area contributed by atoms with E-state index in [0.717, 1.165) is 29.8 Å². The van der Waals surface area contributed by atoms with Gasteiger partial charge in [0, 0.05) is 29.8 Å². The molecule has 0 fully saturated rings. The third-order valence-corrected chi connectivity index (χ3v) is 4.96. The lowest BCUT2D eigenvalue weighted by atomic mass is 10.0. The van der Waals surface area contributed by atoms with Gasteiger partial charge in [0.15, 0.2) is 0 Å². The Balaban J connectivity index is 1.82. The van der Waals surface area contributed by atoms with E-state index in [-0.39, 0.29) is 11.7 Å². The summed E-state index contributed by atoms with van der Waals surface area (Å²) in [7, 11) is 0. The number of nitrogens with zero attached hydrogens (tertiary/aromatic N) is 1. The van der Waals surface area contributed by atoms with Crippen LogP contribution in [0.1, 0.15) is 53.7 Å². The molecule has 0 bridgehead atoms. The molecule has 1 amide bonds. The van der Waals surface area contributed by atoms with Crippen LogP contribution in [-0.2, 0) is 19.5 Å². The Kier molecular flexibility index (Phi) is 6.11. The molecule has 0 aromatic heterocycles. The molecular weight excluding hydrogens is 343 g/mol. The number of hydrogen-bond donors (Lipinski definition) is 2. The van der Waals surface area contributed by atoms with Gasteiger partial charge in [-0.1, -0.05) is 26.0 Å². The zero-order valence-electron chi connectivity index (χ0n) is 16.0. The van der Waals surface area contributed by atoms with Gasteiger partial charge in [0.05, 0.1) is 6.54 Å². The summed E-state index contributed by atoms with van der Waals surface area (Å²) in [6, 6.07) is 11.0. The summed E-state index contributed by atoms with van der Waals surface area (Å²) in [5.41, 5.74) is 3.71. The van der Waals surface area contributed by atoms with Gasteiger partial charge in [-0.05, 0) is 54.8 Å². The van der Waals surface area contributed by atoms with Crippen molar-refractivity contribution in [1.29, 1.82) is 0 Å². The second-order valence-electron chi connectivity index (χ2n) is 7.09. The van der Waals surface area contributed by atoms with Crippen molar-refractivity contribution >= 4 is 11.6 Å². The molecule has 2 aromatic rings. The predicted molar refractivity (Wildman–Crippen MR) is 106 cm³/mol. The second-order valence-corrected chi connectivity index (χ2v) is 7.09. The number of alkyl halides is 1. The highest BCUT2D eigenvalue weighted by atomic mass is 19.1. The Morgan fingerprint density at radius 1 is 1.22 bits per heavy atom. The summed E-state index contributed by atoms with van der Waals surface area (Å²) in [5.74, 6) is 0.0321. The normalized spacial score (nSPS) is 14.5. The first-order valence-corrected chi connectivity index (χ1v) is 9.63. The van der Waals surface area contributed by atoms with Crippen molar-refractivity contribution in [1.82, 2.24) is 5.32 Å². The molecule has 5 heteroatoms. The molecule has 1 aliphatic rings. The minimum absolute atomic E-state index is 0.123. The molecule has 0 saturated heterocycles. The number of nitrogens with one attached hydrogen (secondary N) is 1. The number of carbonyl (C=O) groups is 1. The first-order chi connectivity index (χ1) is 13.0. The first kappa shape index (κ1) is 19.4. The van der Waals surface area contributed by atoms with Crippen molar-refractivity contribution in [3.63, 3.8) is 0 Å². The highest BCUT2D eigenvalue weighted by Crippen LogP contribution is 2.35. The summed E-state index contributed by atoms with van der Waals surface area (Å²) in [6.45, 7) is 5.75. The minimum Gasteiger partial charge on any atom is -0.508 e. The highest BCUT2D eigenvalue weighted by molar-refractivity contribution is 6.10. The van der Waals surface area contributed by atoms with E-state index in [1.54, 1.807) is 11.0 Å². The molecule has 0 radical (unpaired) electrons. The number of hydrogen-bond acceptors (Lipinski definition) is 3. The molecular formula is C22H27FN2O2. The van der Waals surface area contributed by atoms with Crippen molar-refractivity contribution in [3.8, 4) is 5.75 Å². The number of rotatable bonds is 8. The molecule has 4 nitrogen and oxygen atoms in total. The maximum Gasteiger partial charge on any atom is 0.259 e. The lowest BCUT2D eigenvalue weighted by Gasteiger charge is -2.17. The fraction of sp³-hybridized carbons (Fsp3) is 0.409. The van der Waals surface area contributed by atoms with Crippen LogP contribution in [-0.4, -0.2) is 23.7 Å². The van der Waals surface area contributed by atoms with Gasteiger partial charge in [-0.2, -0.15) is 0 Å². The first-order valence-electron chi connectivity index (χ1n) is 9.63. The largest absolute Gasteiger partial charge is 0.508 e. The van der Waals surface area contributed by atoms with Crippen molar-refractivity contribution in [2.45, 2.75) is 52.4 Å². The fourth-order valence-electron chi connectivity index (χ4n) is 3.42. The summed E-state index contributed by atoms with van der Waals surface area (Å²) in [5, 5.41) is 13.7. The van der Waals surface area contributed by atoms with Crippen LogP contribution in [0.4, 0.5) is 10.1 Å². The number of phenolic OH excluding ortho intramolecular Hbond substituents is 1. The SMILES string of the molecule is CCCNCc1cc(O)c2c(c1)C(=O)N(c1cccc(CC(F)CC)c1)C2. The molecule has 1 unspecified atom stereocenters. The van der Waals surface area contributed by atoms with Gasteiger partial charge in [-0.25, -0.2) is 4.39 Å². The van der Waals surface area contributed by atoms with Gasteiger partial charge in [0.25, 0.3) is 5.91 Å². The topological polar surface area (TPSA) is 52.6 Å². The number of benzene rings is 2. The molecule has 1 atom stereocenters. The van der Waals surface area contributed by atoms with Crippen LogP contribution in [0, 0.1) is 0 Å². The van der Waals surface area contributed by atoms with E-state index in [0.29, 0.717) is 37.1 Å². The average molecular weight is 370 g/mol. The quantitative estimate of drug-likeness (QED) is 0.680. The maximum atomic E-state index is 13.7. The monoisotopic (exact) mass is 370 g/mol. The standard InChI is InChI=1S/C22H27FN2O2/c1-3-8-24-13-16-11-19-20(21(26)12-16)14-25(22(19)27)18-7-5-6-15(10-18)9-17(23)4-2/h5-7,10-12,17,24,26H,3-4,8-9,13-14H2,1-2H3. The molecule has 0 saturated carbocycles. The van der Waals surface area contributed by atoms with Crippen molar-refractivity contribution < 1.29 is 14.3 Å². The highest BCUT2D eigenvalue weighted by Gasteiger charge is 2.31. The van der Waals surface area contributed by atoms with E-state index in [1.165, 1.54) is 0 Å². The van der Waals surface area contributed by atoms with Gasteiger partial charge >= 0.3 is 0 Å². The molecule has 27 heavy (non-hydrogen) atoms. The number of carbonyl (C=O) groups excluding carboxylic acids is 1. The van der Waals surface area contributed by atoms with Gasteiger partial charge in [-0.15, -0.1) is 0 Å². The van der Waals surface area contributed by atoms with E-state index >= 15 is 0 Å². The van der Waals surface area contributed by atoms with Crippen LogP contribution in [0.15, 0.2) is 36.4 Å². The third kappa shape index (κ3) is 4.30. The Morgan fingerprint density at radius 2 is 2.04 bits per heavy atom. The van der Waals surface area contributed by atoms with Crippen LogP contribution < -0.4 is 10.2 Å². The van der Waals surface area contributed by atoms with Crippen molar-refractivity contribution in [2.75, 3.05) is 11.4 Å². The van der Waals surface area contributed by atoms with Crippen LogP contribution in [0.2, 0.25) is 0 Å². The Bertz CT molecular complexity index is 822. The third-order valence-electron chi connectivity index (χ3n) is 4.96. The molecule has 1 heterocycles. The number of fused-ring (bicyclic) bond motifs is 1. The number of halogens is 1. The van der Waals surface area contributed by atoms with Crippen LogP contribution in [0.25, 0.3) is 0 Å². The molecule has 2 aromatic carbocycles. The Morgan fingerprint density at radius 3 is 2.78 bits per heavy atom. The summed E-state index contributed by atoms with van der Waals surface area (Å²) >= 11 is 0. The second kappa shape index (κ2) is 8.53. The number of anilines is 1. The molecule has 0 spiro atoms. The van der Waals surface area contributed by atoms with Crippen LogP contribution in [0.5, 0.6) is 5.75 Å². The Labute approximate surface area is 160 Å². The summed E-state index contributed by atoms with van der Waals surface area (Å²) in [6.07, 6.45) is 0.963. The van der Waals surface area contributed by atoms with Gasteiger partial charge in [-0.3, -0.25) is 4.79 Å². The zero-order chi connectivity index (χ0) is 19.4. The van der Waals surface area contributed by atoms with E-state index in [9.17, 15) is 14.3 Å². The number of aromatic hydroxyl groups is 1. The molecule has 2 N–H and O–H groups in total. The molecule has 144 valence electrons. The summed E-state index contributed by atoms with van der Waals surface area (Å²) in [4.78, 5) is 14.6. The molecule has 0 aliphatic carbocycles. The van der Waals surface area contributed by atoms with E-state index < -0.39 is 6.17 Å². The van der Waals surface area contributed by atoms with Crippen molar-refractivity contribution in [3.05, 3.63) is 58.7 Å². The molecule has 3 rings (SSSR count). The van der Waals surface area contributed by atoms with Gasteiger partial charge in [0.1, 0.15) is 11.9 Å². The number of amides is 1. The average Bonchev–Trinajstić information content (AvgIpc) is 2.99. The molecule has 1 aliphatic heterocycles. The lowest BCUT2D eigenvalue weighted by Crippen LogP contribution is -2.23. The zero-order valence-corrected chi connectivity index (χ0v) is 16.0. The van der Waals surface area contributed by atoms with E-state index in [4.69, 9.17) is 0 Å². The smallest absolute Gasteiger partial charge is 0.259 e. The van der Waals surface area contributed by atoms with Crippen LogP contribution >= 0.6 is 0 Å². The van der Waals surface area contributed by atoms with Crippen molar-refractivity contribution in [2.24, 2.45) is 0 Å². The van der Waals surface area contributed by atoms with Gasteiger partial charge < -0.3 is 15.3 Å². The minimum atomic E-state index is -0.881. The summed E-state index contributed by atoms with van der Waals surface area (Å²) < 4.78 is 13.7.